The molecule has 2 unspecified atom stereocenters. The molecule has 2 fully saturated rings. The summed E-state index contributed by atoms with van der Waals surface area (Å²) in [5.74, 6) is 1.59. The van der Waals surface area contributed by atoms with Gasteiger partial charge < -0.3 is 15.3 Å². The van der Waals surface area contributed by atoms with E-state index in [1.165, 1.54) is 24.3 Å². The number of nitrogens with zero attached hydrogens (tertiary/aromatic N) is 3. The number of thiophene rings is 1. The van der Waals surface area contributed by atoms with Gasteiger partial charge in [-0.05, 0) is 63.6 Å². The number of hydrogen-bond donors (Lipinski definition) is 2. The summed E-state index contributed by atoms with van der Waals surface area (Å²) in [5.41, 5.74) is 0. The Hall–Kier alpha value is -1.11. The SMILES string of the molecule is CCNC(=NCC1CCCN(C)C1c1cccs1)N1CCC(O)CC1. The Morgan fingerprint density at radius 2 is 2.12 bits per heavy atom. The zero-order chi connectivity index (χ0) is 17.6. The number of nitrogens with one attached hydrogen (secondary N) is 1. The van der Waals surface area contributed by atoms with Gasteiger partial charge in [0.05, 0.1) is 6.10 Å². The van der Waals surface area contributed by atoms with Crippen LogP contribution in [0.4, 0.5) is 0 Å². The number of aliphatic hydroxyl groups excluding tert-OH is 1. The van der Waals surface area contributed by atoms with Crippen molar-refractivity contribution >= 4 is 17.3 Å². The molecule has 0 amide bonds. The van der Waals surface area contributed by atoms with E-state index in [1.54, 1.807) is 0 Å². The van der Waals surface area contributed by atoms with Crippen molar-refractivity contribution in [1.29, 1.82) is 0 Å². The van der Waals surface area contributed by atoms with E-state index in [-0.39, 0.29) is 6.10 Å². The van der Waals surface area contributed by atoms with Gasteiger partial charge >= 0.3 is 0 Å². The van der Waals surface area contributed by atoms with Gasteiger partial charge in [-0.15, -0.1) is 11.3 Å². The van der Waals surface area contributed by atoms with Gasteiger partial charge in [0.1, 0.15) is 0 Å². The highest BCUT2D eigenvalue weighted by Gasteiger charge is 2.31. The van der Waals surface area contributed by atoms with Gasteiger partial charge in [-0.3, -0.25) is 9.89 Å². The fraction of sp³-hybridized carbons (Fsp3) is 0.737. The lowest BCUT2D eigenvalue weighted by molar-refractivity contribution is 0.107. The van der Waals surface area contributed by atoms with E-state index in [0.29, 0.717) is 12.0 Å². The number of aliphatic hydroxyl groups is 1. The molecule has 3 rings (SSSR count). The molecule has 0 bridgehead atoms. The zero-order valence-electron chi connectivity index (χ0n) is 15.5. The monoisotopic (exact) mass is 364 g/mol. The maximum atomic E-state index is 9.75. The molecule has 0 aliphatic carbocycles. The Balaban J connectivity index is 1.69. The largest absolute Gasteiger partial charge is 0.393 e. The van der Waals surface area contributed by atoms with Crippen LogP contribution in [0.3, 0.4) is 0 Å². The smallest absolute Gasteiger partial charge is 0.193 e. The molecule has 2 N–H and O–H groups in total. The Morgan fingerprint density at radius 1 is 1.32 bits per heavy atom. The molecule has 0 radical (unpaired) electrons. The van der Waals surface area contributed by atoms with Crippen molar-refractivity contribution in [2.75, 3.05) is 39.8 Å². The average molecular weight is 365 g/mol. The molecule has 2 aliphatic heterocycles. The van der Waals surface area contributed by atoms with E-state index in [9.17, 15) is 5.11 Å². The quantitative estimate of drug-likeness (QED) is 0.637. The van der Waals surface area contributed by atoms with Gasteiger partial charge in [0.15, 0.2) is 5.96 Å². The van der Waals surface area contributed by atoms with Gasteiger partial charge in [0.2, 0.25) is 0 Å². The molecule has 1 aromatic rings. The molecule has 0 saturated carbocycles. The lowest BCUT2D eigenvalue weighted by atomic mass is 9.88. The van der Waals surface area contributed by atoms with Crippen LogP contribution in [-0.4, -0.2) is 66.7 Å². The molecule has 0 spiro atoms. The Bertz CT molecular complexity index is 540. The van der Waals surface area contributed by atoms with Crippen LogP contribution in [0, 0.1) is 5.92 Å². The standard InChI is InChI=1S/C19H32N4OS/c1-3-20-19(23-11-8-16(24)9-12-23)21-14-15-6-4-10-22(2)18(15)17-7-5-13-25-17/h5,7,13,15-16,18,24H,3-4,6,8-12,14H2,1-2H3,(H,20,21). The van der Waals surface area contributed by atoms with Crippen molar-refractivity contribution in [3.63, 3.8) is 0 Å². The van der Waals surface area contributed by atoms with Gasteiger partial charge in [-0.1, -0.05) is 6.07 Å². The van der Waals surface area contributed by atoms with Crippen LogP contribution >= 0.6 is 11.3 Å². The fourth-order valence-corrected chi connectivity index (χ4v) is 5.05. The molecular weight excluding hydrogens is 332 g/mol. The fourth-order valence-electron chi connectivity index (χ4n) is 4.07. The third-order valence-corrected chi connectivity index (χ3v) is 6.36. The molecule has 140 valence electrons. The maximum absolute atomic E-state index is 9.75. The lowest BCUT2D eigenvalue weighted by Gasteiger charge is -2.38. The molecule has 6 heteroatoms. The average Bonchev–Trinajstić information content (AvgIpc) is 3.13. The van der Waals surface area contributed by atoms with E-state index in [1.807, 2.05) is 11.3 Å². The second-order valence-electron chi connectivity index (χ2n) is 7.26. The summed E-state index contributed by atoms with van der Waals surface area (Å²) in [5, 5.41) is 15.4. The highest BCUT2D eigenvalue weighted by Crippen LogP contribution is 2.37. The first-order chi connectivity index (χ1) is 12.2. The van der Waals surface area contributed by atoms with Crippen molar-refractivity contribution in [2.24, 2.45) is 10.9 Å². The van der Waals surface area contributed by atoms with Crippen molar-refractivity contribution < 1.29 is 5.11 Å². The summed E-state index contributed by atoms with van der Waals surface area (Å²) < 4.78 is 0. The molecule has 0 aromatic carbocycles. The zero-order valence-corrected chi connectivity index (χ0v) is 16.3. The number of hydrogen-bond acceptors (Lipinski definition) is 4. The van der Waals surface area contributed by atoms with Crippen LogP contribution in [0.5, 0.6) is 0 Å². The minimum absolute atomic E-state index is 0.144. The predicted octanol–water partition coefficient (Wildman–Crippen LogP) is 2.55. The predicted molar refractivity (Wildman–Crippen MR) is 105 cm³/mol. The van der Waals surface area contributed by atoms with Crippen LogP contribution in [0.1, 0.15) is 43.5 Å². The maximum Gasteiger partial charge on any atom is 0.193 e. The van der Waals surface area contributed by atoms with Crippen LogP contribution in [0.15, 0.2) is 22.5 Å². The molecule has 5 nitrogen and oxygen atoms in total. The number of guanidine groups is 1. The van der Waals surface area contributed by atoms with Gasteiger partial charge in [0.25, 0.3) is 0 Å². The molecular formula is C19H32N4OS. The first kappa shape index (κ1) is 18.7. The van der Waals surface area contributed by atoms with Gasteiger partial charge in [0, 0.05) is 37.1 Å². The van der Waals surface area contributed by atoms with E-state index < -0.39 is 0 Å². The molecule has 1 aromatic heterocycles. The van der Waals surface area contributed by atoms with Gasteiger partial charge in [-0.25, -0.2) is 0 Å². The van der Waals surface area contributed by atoms with Crippen molar-refractivity contribution in [1.82, 2.24) is 15.1 Å². The minimum atomic E-state index is -0.144. The summed E-state index contributed by atoms with van der Waals surface area (Å²) in [4.78, 5) is 11.3. The van der Waals surface area contributed by atoms with Gasteiger partial charge in [-0.2, -0.15) is 0 Å². The van der Waals surface area contributed by atoms with E-state index in [4.69, 9.17) is 4.99 Å². The molecule has 25 heavy (non-hydrogen) atoms. The van der Waals surface area contributed by atoms with Crippen molar-refractivity contribution in [3.05, 3.63) is 22.4 Å². The summed E-state index contributed by atoms with van der Waals surface area (Å²) in [6.45, 7) is 6.84. The summed E-state index contributed by atoms with van der Waals surface area (Å²) in [6, 6.07) is 4.92. The molecule has 2 atom stereocenters. The van der Waals surface area contributed by atoms with Crippen molar-refractivity contribution in [2.45, 2.75) is 44.8 Å². The number of aliphatic imine (C=N–C) groups is 1. The second-order valence-corrected chi connectivity index (χ2v) is 8.24. The van der Waals surface area contributed by atoms with E-state index in [0.717, 1.165) is 45.0 Å². The van der Waals surface area contributed by atoms with Crippen LogP contribution in [0.2, 0.25) is 0 Å². The topological polar surface area (TPSA) is 51.1 Å². The van der Waals surface area contributed by atoms with Crippen LogP contribution in [-0.2, 0) is 0 Å². The third-order valence-electron chi connectivity index (χ3n) is 5.42. The summed E-state index contributed by atoms with van der Waals surface area (Å²) in [7, 11) is 2.25. The lowest BCUT2D eigenvalue weighted by Crippen LogP contribution is -2.47. The van der Waals surface area contributed by atoms with Crippen LogP contribution < -0.4 is 5.32 Å². The molecule has 2 saturated heterocycles. The number of likely N-dealkylation sites (tertiary alicyclic amines) is 2. The Labute approximate surface area is 155 Å². The van der Waals surface area contributed by atoms with Crippen LogP contribution in [0.25, 0.3) is 0 Å². The Morgan fingerprint density at radius 3 is 2.80 bits per heavy atom. The highest BCUT2D eigenvalue weighted by molar-refractivity contribution is 7.10. The molecule has 2 aliphatic rings. The second kappa shape index (κ2) is 9.01. The molecule has 3 heterocycles. The summed E-state index contributed by atoms with van der Waals surface area (Å²) >= 11 is 1.87. The Kier molecular flexibility index (Phi) is 6.73. The summed E-state index contributed by atoms with van der Waals surface area (Å²) in [6.07, 6.45) is 4.04. The number of piperidine rings is 2. The van der Waals surface area contributed by atoms with E-state index in [2.05, 4.69) is 46.6 Å². The number of rotatable bonds is 4. The minimum Gasteiger partial charge on any atom is -0.393 e. The first-order valence-electron chi connectivity index (χ1n) is 9.64. The van der Waals surface area contributed by atoms with Crippen molar-refractivity contribution in [3.8, 4) is 0 Å². The van der Waals surface area contributed by atoms with E-state index >= 15 is 0 Å². The highest BCUT2D eigenvalue weighted by atomic mass is 32.1. The normalized spacial score (nSPS) is 26.8. The third kappa shape index (κ3) is 4.74. The first-order valence-corrected chi connectivity index (χ1v) is 10.5.